The van der Waals surface area contributed by atoms with Crippen molar-refractivity contribution in [3.63, 3.8) is 0 Å². The van der Waals surface area contributed by atoms with E-state index in [-0.39, 0.29) is 41.8 Å². The molecule has 0 aliphatic carbocycles. The largest absolute Gasteiger partial charge is 0.497 e. The van der Waals surface area contributed by atoms with Crippen LogP contribution in [0.3, 0.4) is 0 Å². The van der Waals surface area contributed by atoms with Crippen molar-refractivity contribution >= 4 is 19.9 Å². The van der Waals surface area contributed by atoms with Gasteiger partial charge in [-0.25, -0.2) is 0 Å². The van der Waals surface area contributed by atoms with E-state index in [4.69, 9.17) is 14.2 Å². The predicted molar refractivity (Wildman–Crippen MR) is 177 cm³/mol. The summed E-state index contributed by atoms with van der Waals surface area (Å²) < 4.78 is 21.0. The Balaban J connectivity index is 1.33. The minimum Gasteiger partial charge on any atom is -0.497 e. The lowest BCUT2D eigenvalue weighted by Gasteiger charge is -2.32. The number of pyridine rings is 1. The second kappa shape index (κ2) is 12.7. The molecule has 0 unspecified atom stereocenters. The van der Waals surface area contributed by atoms with E-state index in [1.807, 2.05) is 62.5 Å². The average Bonchev–Trinajstić information content (AvgIpc) is 3.70. The minimum atomic E-state index is -2.85. The fourth-order valence-corrected chi connectivity index (χ4v) is 9.93. The molecule has 248 valence electrons. The van der Waals surface area contributed by atoms with Crippen LogP contribution in [0.4, 0.5) is 5.69 Å². The summed E-state index contributed by atoms with van der Waals surface area (Å²) >= 11 is 0. The number of aliphatic hydroxyl groups excluding tert-OH is 1. The lowest BCUT2D eigenvalue weighted by Crippen LogP contribution is -2.46. The summed E-state index contributed by atoms with van der Waals surface area (Å²) in [5, 5.41) is 17.6. The third-order valence-corrected chi connectivity index (χ3v) is 12.0. The van der Waals surface area contributed by atoms with Gasteiger partial charge in [0.2, 0.25) is 0 Å². The summed E-state index contributed by atoms with van der Waals surface area (Å²) in [5.41, 5.74) is 1.89. The Bertz CT molecular complexity index is 1820. The van der Waals surface area contributed by atoms with Crippen LogP contribution in [0.5, 0.6) is 11.5 Å². The highest BCUT2D eigenvalue weighted by molar-refractivity contribution is 6.71. The predicted octanol–water partition coefficient (Wildman–Crippen LogP) is 3.42. The number of methoxy groups -OCH3 is 2. The number of fused-ring (bicyclic) bond motifs is 2. The third-order valence-electron chi connectivity index (χ3n) is 9.48. The maximum atomic E-state index is 14.8. The molecule has 2 aromatic carbocycles. The number of ether oxygens (including phenoxy) is 3. The maximum Gasteiger partial charge on any atom is 0.297 e. The zero-order valence-corrected chi connectivity index (χ0v) is 28.3. The van der Waals surface area contributed by atoms with Crippen LogP contribution in [0.25, 0.3) is 5.69 Å². The first-order valence-corrected chi connectivity index (χ1v) is 18.8. The summed E-state index contributed by atoms with van der Waals surface area (Å²) in [6, 6.07) is 16.5. The number of aromatic nitrogens is 4. The van der Waals surface area contributed by atoms with Crippen LogP contribution in [0.1, 0.15) is 30.2 Å². The first kappa shape index (κ1) is 32.6. The van der Waals surface area contributed by atoms with E-state index in [2.05, 4.69) is 10.3 Å². The Morgan fingerprint density at radius 1 is 1.06 bits per heavy atom. The summed E-state index contributed by atoms with van der Waals surface area (Å²) in [5.74, 6) is 0.352. The monoisotopic (exact) mass is 659 g/mol. The Morgan fingerprint density at radius 3 is 2.51 bits per heavy atom. The number of rotatable bonds is 11. The smallest absolute Gasteiger partial charge is 0.297 e. The number of benzene rings is 2. The van der Waals surface area contributed by atoms with Crippen molar-refractivity contribution in [2.75, 3.05) is 25.7 Å². The quantitative estimate of drug-likeness (QED) is 0.232. The molecule has 6 rings (SSSR count). The Kier molecular flexibility index (Phi) is 8.83. The molecule has 4 aromatic rings. The first-order chi connectivity index (χ1) is 22.5. The van der Waals surface area contributed by atoms with Crippen LogP contribution in [-0.4, -0.2) is 70.6 Å². The van der Waals surface area contributed by atoms with Gasteiger partial charge in [-0.3, -0.25) is 18.8 Å². The molecule has 47 heavy (non-hydrogen) atoms. The molecule has 2 aliphatic heterocycles. The number of amides is 1. The molecule has 4 heterocycles. The summed E-state index contributed by atoms with van der Waals surface area (Å²) in [4.78, 5) is 40.9. The van der Waals surface area contributed by atoms with E-state index >= 15 is 0 Å². The van der Waals surface area contributed by atoms with Crippen molar-refractivity contribution in [3.8, 4) is 17.2 Å². The number of aryl methyl sites for hydroxylation is 1. The third kappa shape index (κ3) is 5.77. The molecule has 1 spiro atoms. The van der Waals surface area contributed by atoms with Crippen LogP contribution in [-0.2, 0) is 34.6 Å². The van der Waals surface area contributed by atoms with Crippen molar-refractivity contribution < 1.29 is 28.9 Å². The number of carbonyl (C=O) groups excluding carboxylic acids is 1. The second-order valence-electron chi connectivity index (χ2n) is 12.8. The highest BCUT2D eigenvalue weighted by Gasteiger charge is 2.66. The topological polar surface area (TPSA) is 141 Å². The Hall–Kier alpha value is -4.30. The van der Waals surface area contributed by atoms with Crippen LogP contribution >= 0.6 is 0 Å². The summed E-state index contributed by atoms with van der Waals surface area (Å²) in [6.45, 7) is 6.57. The lowest BCUT2D eigenvalue weighted by atomic mass is 9.82. The first-order valence-electron chi connectivity index (χ1n) is 15.8. The molecule has 2 aliphatic rings. The van der Waals surface area contributed by atoms with E-state index in [0.717, 1.165) is 16.8 Å². The molecular formula is C34H41N5O7Si. The van der Waals surface area contributed by atoms with Gasteiger partial charge in [-0.1, -0.05) is 24.3 Å². The number of nitrogens with zero attached hydrogens (tertiary/aromatic N) is 5. The number of anilines is 1. The fourth-order valence-electron chi connectivity index (χ4n) is 7.32. The van der Waals surface area contributed by atoms with Gasteiger partial charge in [0, 0.05) is 54.7 Å². The zero-order chi connectivity index (χ0) is 33.5. The molecule has 4 atom stereocenters. The normalized spacial score (nSPS) is 22.2. The van der Waals surface area contributed by atoms with Crippen LogP contribution in [0.2, 0.25) is 18.6 Å². The fraction of sp³-hybridized carbons (Fsp3) is 0.412. The molecular weight excluding hydrogens is 618 g/mol. The molecule has 2 aromatic heterocycles. The molecule has 0 saturated carbocycles. The average molecular weight is 660 g/mol. The molecule has 2 N–H and O–H groups in total. The minimum absolute atomic E-state index is 0.00917. The Morgan fingerprint density at radius 2 is 1.83 bits per heavy atom. The molecule has 1 fully saturated rings. The van der Waals surface area contributed by atoms with Gasteiger partial charge in [0.05, 0.1) is 38.2 Å². The number of aliphatic hydroxyl groups is 1. The van der Waals surface area contributed by atoms with Gasteiger partial charge in [-0.2, -0.15) is 0 Å². The van der Waals surface area contributed by atoms with E-state index in [9.17, 15) is 19.5 Å². The van der Waals surface area contributed by atoms with E-state index < -0.39 is 20.0 Å². The number of carbonyl (C=O) groups is 1. The van der Waals surface area contributed by atoms with E-state index in [1.54, 1.807) is 41.2 Å². The van der Waals surface area contributed by atoms with E-state index in [1.165, 1.54) is 11.7 Å². The van der Waals surface area contributed by atoms with Crippen LogP contribution in [0, 0.1) is 5.92 Å². The second-order valence-corrected chi connectivity index (χ2v) is 16.8. The van der Waals surface area contributed by atoms with Gasteiger partial charge < -0.3 is 29.0 Å². The highest BCUT2D eigenvalue weighted by atomic mass is 28.4. The standard InChI is InChI=1S/C34H41N5O7Si/c1-22-31(47(4,5)43)29(14-17-37-21-24(15-18-40)35-36-37)46-34(22)27-19-26(44-2)12-13-28(27)39(33(34)42)20-23-8-10-25(11-9-23)38-16-6-7-30(45-3)32(38)41/h6-13,16,19,21-22,29,31,40,43H,14-15,17-18,20H2,1-5H3/t22-,29+,31-,34+/m1/s1. The van der Waals surface area contributed by atoms with Gasteiger partial charge in [0.1, 0.15) is 5.75 Å². The summed E-state index contributed by atoms with van der Waals surface area (Å²) in [6.07, 6.45) is 4.02. The zero-order valence-electron chi connectivity index (χ0n) is 27.3. The molecule has 13 heteroatoms. The number of hydrogen-bond acceptors (Lipinski definition) is 9. The molecule has 1 saturated heterocycles. The van der Waals surface area contributed by atoms with Crippen LogP contribution < -0.4 is 19.9 Å². The van der Waals surface area contributed by atoms with Gasteiger partial charge in [-0.05, 0) is 67.5 Å². The SMILES string of the molecule is COc1ccc2c(c1)[C@]1(O[C@@H](CCn3cc(CCO)nn3)[C@H]([Si](C)(C)O)[C@H]1C)C(=O)N2Cc1ccc(-n2cccc(OC)c2=O)cc1. The molecule has 0 bridgehead atoms. The number of hydrogen-bond donors (Lipinski definition) is 2. The van der Waals surface area contributed by atoms with Crippen molar-refractivity contribution in [1.29, 1.82) is 0 Å². The van der Waals surface area contributed by atoms with Gasteiger partial charge in [0.25, 0.3) is 11.5 Å². The lowest BCUT2D eigenvalue weighted by molar-refractivity contribution is -0.146. The van der Waals surface area contributed by atoms with Crippen molar-refractivity contribution in [3.05, 3.63) is 94.2 Å². The highest BCUT2D eigenvalue weighted by Crippen LogP contribution is 2.60. The molecule has 0 radical (unpaired) electrons. The van der Waals surface area contributed by atoms with Crippen LogP contribution in [0.15, 0.2) is 71.8 Å². The molecule has 1 amide bonds. The molecule has 12 nitrogen and oxygen atoms in total. The van der Waals surface area contributed by atoms with Crippen molar-refractivity contribution in [2.45, 2.75) is 63.2 Å². The van der Waals surface area contributed by atoms with E-state index in [0.29, 0.717) is 36.5 Å². The maximum absolute atomic E-state index is 14.8. The Labute approximate surface area is 274 Å². The van der Waals surface area contributed by atoms with Crippen molar-refractivity contribution in [1.82, 2.24) is 19.6 Å². The van der Waals surface area contributed by atoms with Gasteiger partial charge in [-0.15, -0.1) is 5.10 Å². The van der Waals surface area contributed by atoms with Crippen molar-refractivity contribution in [2.24, 2.45) is 5.92 Å². The summed E-state index contributed by atoms with van der Waals surface area (Å²) in [7, 11) is 0.207. The van der Waals surface area contributed by atoms with Gasteiger partial charge >= 0.3 is 0 Å². The van der Waals surface area contributed by atoms with Gasteiger partial charge in [0.15, 0.2) is 19.7 Å².